The Balaban J connectivity index is 2.08. The van der Waals surface area contributed by atoms with Gasteiger partial charge in [-0.1, -0.05) is 54.4 Å². The summed E-state index contributed by atoms with van der Waals surface area (Å²) in [7, 11) is 0. The minimum absolute atomic E-state index is 0.355. The molecule has 0 spiro atoms. The van der Waals surface area contributed by atoms with Crippen molar-refractivity contribution < 1.29 is 9.53 Å². The first-order valence-electron chi connectivity index (χ1n) is 7.12. The fourth-order valence-electron chi connectivity index (χ4n) is 1.83. The van der Waals surface area contributed by atoms with Gasteiger partial charge in [0.1, 0.15) is 5.75 Å². The number of amides is 1. The summed E-state index contributed by atoms with van der Waals surface area (Å²) in [6.45, 7) is 2.55. The quantitative estimate of drug-likeness (QED) is 0.613. The van der Waals surface area contributed by atoms with E-state index in [2.05, 4.69) is 10.5 Å². The predicted octanol–water partition coefficient (Wildman–Crippen LogP) is 4.55. The van der Waals surface area contributed by atoms with Gasteiger partial charge in [0.15, 0.2) is 0 Å². The highest BCUT2D eigenvalue weighted by atomic mass is 35.5. The maximum Gasteiger partial charge on any atom is 0.275 e. The maximum atomic E-state index is 12.2. The number of para-hydroxylation sites is 1. The second-order valence-electron chi connectivity index (χ2n) is 4.69. The van der Waals surface area contributed by atoms with E-state index in [1.807, 2.05) is 13.0 Å². The second-order valence-corrected chi connectivity index (χ2v) is 5.47. The summed E-state index contributed by atoms with van der Waals surface area (Å²) in [5.74, 6) is 0.175. The molecule has 2 aromatic rings. The first-order valence-corrected chi connectivity index (χ1v) is 7.88. The van der Waals surface area contributed by atoms with Gasteiger partial charge in [-0.05, 0) is 24.6 Å². The van der Waals surface area contributed by atoms with Crippen LogP contribution in [-0.2, 0) is 0 Å². The van der Waals surface area contributed by atoms with Crippen LogP contribution >= 0.6 is 23.2 Å². The van der Waals surface area contributed by atoms with Gasteiger partial charge in [-0.25, -0.2) is 5.43 Å². The van der Waals surface area contributed by atoms with Gasteiger partial charge in [0.25, 0.3) is 5.91 Å². The summed E-state index contributed by atoms with van der Waals surface area (Å²) < 4.78 is 5.56. The van der Waals surface area contributed by atoms with Gasteiger partial charge in [-0.15, -0.1) is 0 Å². The third-order valence-electron chi connectivity index (χ3n) is 2.94. The highest BCUT2D eigenvalue weighted by molar-refractivity contribution is 6.43. The number of carbonyl (C=O) groups excluding carboxylic acids is 1. The number of hydrogen-bond acceptors (Lipinski definition) is 3. The molecule has 6 heteroatoms. The SMILES string of the molecule is CCCOc1ccccc1C(=O)NN=Cc1cccc(Cl)c1Cl. The molecule has 0 heterocycles. The summed E-state index contributed by atoms with van der Waals surface area (Å²) in [6, 6.07) is 12.2. The average Bonchev–Trinajstić information content (AvgIpc) is 2.57. The maximum absolute atomic E-state index is 12.2. The van der Waals surface area contributed by atoms with Gasteiger partial charge in [0.05, 0.1) is 28.4 Å². The molecule has 0 radical (unpaired) electrons. The number of benzene rings is 2. The lowest BCUT2D eigenvalue weighted by Gasteiger charge is -2.09. The number of nitrogens with zero attached hydrogens (tertiary/aromatic N) is 1. The van der Waals surface area contributed by atoms with E-state index in [0.29, 0.717) is 33.5 Å². The van der Waals surface area contributed by atoms with E-state index in [0.717, 1.165) is 6.42 Å². The molecule has 0 atom stereocenters. The fraction of sp³-hybridized carbons (Fsp3) is 0.176. The molecule has 2 aromatic carbocycles. The lowest BCUT2D eigenvalue weighted by Crippen LogP contribution is -2.18. The topological polar surface area (TPSA) is 50.7 Å². The number of halogens is 2. The van der Waals surface area contributed by atoms with Crippen LogP contribution in [0.25, 0.3) is 0 Å². The van der Waals surface area contributed by atoms with Crippen molar-refractivity contribution in [1.82, 2.24) is 5.43 Å². The Labute approximate surface area is 145 Å². The zero-order chi connectivity index (χ0) is 16.7. The van der Waals surface area contributed by atoms with E-state index in [-0.39, 0.29) is 5.91 Å². The monoisotopic (exact) mass is 350 g/mol. The minimum atomic E-state index is -0.355. The minimum Gasteiger partial charge on any atom is -0.493 e. The first kappa shape index (κ1) is 17.3. The Kier molecular flexibility index (Phi) is 6.44. The van der Waals surface area contributed by atoms with Crippen LogP contribution in [-0.4, -0.2) is 18.7 Å². The third kappa shape index (κ3) is 4.71. The van der Waals surface area contributed by atoms with Crippen LogP contribution in [0.5, 0.6) is 5.75 Å². The van der Waals surface area contributed by atoms with Crippen LogP contribution < -0.4 is 10.2 Å². The zero-order valence-electron chi connectivity index (χ0n) is 12.6. The van der Waals surface area contributed by atoms with Crippen LogP contribution in [0.4, 0.5) is 0 Å². The normalized spacial score (nSPS) is 10.7. The lowest BCUT2D eigenvalue weighted by molar-refractivity contribution is 0.0951. The van der Waals surface area contributed by atoms with E-state index in [1.54, 1.807) is 36.4 Å². The largest absolute Gasteiger partial charge is 0.493 e. The van der Waals surface area contributed by atoms with Gasteiger partial charge in [0, 0.05) is 5.56 Å². The molecule has 2 rings (SSSR count). The van der Waals surface area contributed by atoms with Gasteiger partial charge in [-0.2, -0.15) is 5.10 Å². The van der Waals surface area contributed by atoms with Gasteiger partial charge in [-0.3, -0.25) is 4.79 Å². The van der Waals surface area contributed by atoms with Crippen LogP contribution in [0.1, 0.15) is 29.3 Å². The molecular formula is C17H16Cl2N2O2. The number of hydrogen-bond donors (Lipinski definition) is 1. The number of carbonyl (C=O) groups is 1. The summed E-state index contributed by atoms with van der Waals surface area (Å²) in [5, 5.41) is 4.74. The van der Waals surface area contributed by atoms with Crippen molar-refractivity contribution in [2.75, 3.05) is 6.61 Å². The smallest absolute Gasteiger partial charge is 0.275 e. The van der Waals surface area contributed by atoms with Crippen molar-refractivity contribution in [2.24, 2.45) is 5.10 Å². The Hall–Kier alpha value is -2.04. The Morgan fingerprint density at radius 2 is 2.00 bits per heavy atom. The second kappa shape index (κ2) is 8.56. The predicted molar refractivity (Wildman–Crippen MR) is 93.8 cm³/mol. The van der Waals surface area contributed by atoms with E-state index in [1.165, 1.54) is 6.21 Å². The molecule has 0 saturated heterocycles. The standard InChI is InChI=1S/C17H16Cl2N2O2/c1-2-10-23-15-9-4-3-7-13(15)17(22)21-20-11-12-6-5-8-14(18)16(12)19/h3-9,11H,2,10H2,1H3,(H,21,22). The molecular weight excluding hydrogens is 335 g/mol. The molecule has 0 fully saturated rings. The summed E-state index contributed by atoms with van der Waals surface area (Å²) in [4.78, 5) is 12.2. The van der Waals surface area contributed by atoms with Crippen molar-refractivity contribution in [2.45, 2.75) is 13.3 Å². The summed E-state index contributed by atoms with van der Waals surface area (Å²) in [6.07, 6.45) is 2.31. The van der Waals surface area contributed by atoms with Crippen molar-refractivity contribution in [1.29, 1.82) is 0 Å². The Bertz CT molecular complexity index is 717. The van der Waals surface area contributed by atoms with Crippen molar-refractivity contribution >= 4 is 35.3 Å². The Morgan fingerprint density at radius 1 is 1.22 bits per heavy atom. The van der Waals surface area contributed by atoms with Gasteiger partial charge in [0.2, 0.25) is 0 Å². The van der Waals surface area contributed by atoms with Crippen LogP contribution in [0, 0.1) is 0 Å². The molecule has 0 aliphatic carbocycles. The van der Waals surface area contributed by atoms with E-state index in [4.69, 9.17) is 27.9 Å². The Morgan fingerprint density at radius 3 is 2.78 bits per heavy atom. The molecule has 4 nitrogen and oxygen atoms in total. The molecule has 0 aliphatic rings. The number of ether oxygens (including phenoxy) is 1. The first-order chi connectivity index (χ1) is 11.1. The van der Waals surface area contributed by atoms with Crippen LogP contribution in [0.15, 0.2) is 47.6 Å². The van der Waals surface area contributed by atoms with Crippen molar-refractivity contribution in [3.63, 3.8) is 0 Å². The molecule has 0 unspecified atom stereocenters. The zero-order valence-corrected chi connectivity index (χ0v) is 14.1. The summed E-state index contributed by atoms with van der Waals surface area (Å²) in [5.41, 5.74) is 3.51. The molecule has 1 N–H and O–H groups in total. The molecule has 23 heavy (non-hydrogen) atoms. The molecule has 0 bridgehead atoms. The fourth-order valence-corrected chi connectivity index (χ4v) is 2.19. The van der Waals surface area contributed by atoms with Crippen molar-refractivity contribution in [3.05, 3.63) is 63.6 Å². The van der Waals surface area contributed by atoms with E-state index >= 15 is 0 Å². The molecule has 0 saturated carbocycles. The van der Waals surface area contributed by atoms with Gasteiger partial charge < -0.3 is 4.74 Å². The van der Waals surface area contributed by atoms with Crippen molar-refractivity contribution in [3.8, 4) is 5.75 Å². The number of rotatable bonds is 6. The van der Waals surface area contributed by atoms with Gasteiger partial charge >= 0.3 is 0 Å². The van der Waals surface area contributed by atoms with Crippen LogP contribution in [0.2, 0.25) is 10.0 Å². The van der Waals surface area contributed by atoms with Crippen LogP contribution in [0.3, 0.4) is 0 Å². The van der Waals surface area contributed by atoms with E-state index in [9.17, 15) is 4.79 Å². The molecule has 0 aromatic heterocycles. The molecule has 1 amide bonds. The molecule has 0 aliphatic heterocycles. The summed E-state index contributed by atoms with van der Waals surface area (Å²) >= 11 is 12.0. The average molecular weight is 351 g/mol. The third-order valence-corrected chi connectivity index (χ3v) is 3.78. The number of hydrazone groups is 1. The molecule has 120 valence electrons. The van der Waals surface area contributed by atoms with E-state index < -0.39 is 0 Å². The highest BCUT2D eigenvalue weighted by Gasteiger charge is 2.11. The lowest BCUT2D eigenvalue weighted by atomic mass is 10.2. The number of nitrogens with one attached hydrogen (secondary N) is 1. The highest BCUT2D eigenvalue weighted by Crippen LogP contribution is 2.24.